The Morgan fingerprint density at radius 1 is 1.24 bits per heavy atom. The van der Waals surface area contributed by atoms with E-state index in [1.54, 1.807) is 0 Å². The SMILES string of the molecule is Nn1c(SCC(=O)NCCOc2ccccc2)nnc1-c1cccs1. The standard InChI is InChI=1S/C16H17N5O2S2/c17-21-15(13-7-4-10-24-13)19-20-16(21)25-11-14(22)18-8-9-23-12-5-2-1-3-6-12/h1-7,10H,8-9,11,17H2,(H,18,22). The number of nitrogens with two attached hydrogens (primary N) is 1. The number of hydrogen-bond donors (Lipinski definition) is 2. The molecule has 2 heterocycles. The normalized spacial score (nSPS) is 10.6. The van der Waals surface area contributed by atoms with Crippen LogP contribution < -0.4 is 15.9 Å². The molecule has 0 spiro atoms. The van der Waals surface area contributed by atoms with Gasteiger partial charge < -0.3 is 15.9 Å². The molecule has 130 valence electrons. The lowest BCUT2D eigenvalue weighted by molar-refractivity contribution is -0.118. The van der Waals surface area contributed by atoms with Crippen LogP contribution in [0.4, 0.5) is 0 Å². The Balaban J connectivity index is 1.41. The number of para-hydroxylation sites is 1. The molecule has 0 aliphatic rings. The predicted molar refractivity (Wildman–Crippen MR) is 99.2 cm³/mol. The number of ether oxygens (including phenoxy) is 1. The Morgan fingerprint density at radius 3 is 2.84 bits per heavy atom. The maximum Gasteiger partial charge on any atom is 0.230 e. The summed E-state index contributed by atoms with van der Waals surface area (Å²) in [5, 5.41) is 13.3. The first-order valence-corrected chi connectivity index (χ1v) is 9.42. The number of thiophene rings is 1. The molecular formula is C16H17N5O2S2. The second-order valence-electron chi connectivity index (χ2n) is 4.95. The fourth-order valence-corrected chi connectivity index (χ4v) is 3.40. The molecule has 2 aromatic heterocycles. The summed E-state index contributed by atoms with van der Waals surface area (Å²) >= 11 is 2.78. The van der Waals surface area contributed by atoms with E-state index in [-0.39, 0.29) is 11.7 Å². The Bertz CT molecular complexity index is 805. The molecule has 0 aliphatic carbocycles. The molecule has 0 saturated carbocycles. The van der Waals surface area contributed by atoms with Crippen molar-refractivity contribution in [2.75, 3.05) is 24.7 Å². The average Bonchev–Trinajstić information content (AvgIpc) is 3.27. The minimum Gasteiger partial charge on any atom is -0.492 e. The molecule has 3 rings (SSSR count). The molecule has 0 bridgehead atoms. The van der Waals surface area contributed by atoms with E-state index in [9.17, 15) is 4.79 Å². The van der Waals surface area contributed by atoms with Crippen LogP contribution in [0.25, 0.3) is 10.7 Å². The van der Waals surface area contributed by atoms with Crippen molar-refractivity contribution in [1.82, 2.24) is 20.2 Å². The molecule has 0 unspecified atom stereocenters. The van der Waals surface area contributed by atoms with Gasteiger partial charge in [0.05, 0.1) is 17.2 Å². The number of carbonyl (C=O) groups excluding carboxylic acids is 1. The van der Waals surface area contributed by atoms with Crippen molar-refractivity contribution in [2.24, 2.45) is 0 Å². The summed E-state index contributed by atoms with van der Waals surface area (Å²) in [6.07, 6.45) is 0. The highest BCUT2D eigenvalue weighted by Gasteiger charge is 2.14. The largest absolute Gasteiger partial charge is 0.492 e. The van der Waals surface area contributed by atoms with Gasteiger partial charge in [0.15, 0.2) is 5.82 Å². The second-order valence-corrected chi connectivity index (χ2v) is 6.84. The van der Waals surface area contributed by atoms with Crippen molar-refractivity contribution in [1.29, 1.82) is 0 Å². The smallest absolute Gasteiger partial charge is 0.230 e. The van der Waals surface area contributed by atoms with Gasteiger partial charge in [0.1, 0.15) is 12.4 Å². The zero-order valence-electron chi connectivity index (χ0n) is 13.3. The average molecular weight is 375 g/mol. The lowest BCUT2D eigenvalue weighted by Gasteiger charge is -2.07. The number of aromatic nitrogens is 3. The van der Waals surface area contributed by atoms with Crippen molar-refractivity contribution < 1.29 is 9.53 Å². The monoisotopic (exact) mass is 375 g/mol. The summed E-state index contributed by atoms with van der Waals surface area (Å²) in [5.41, 5.74) is 0. The molecule has 0 fully saturated rings. The van der Waals surface area contributed by atoms with Crippen LogP contribution in [0.3, 0.4) is 0 Å². The highest BCUT2D eigenvalue weighted by atomic mass is 32.2. The molecule has 7 nitrogen and oxygen atoms in total. The minimum atomic E-state index is -0.109. The van der Waals surface area contributed by atoms with Crippen molar-refractivity contribution >= 4 is 29.0 Å². The number of nitrogens with one attached hydrogen (secondary N) is 1. The quantitative estimate of drug-likeness (QED) is 0.355. The van der Waals surface area contributed by atoms with Gasteiger partial charge in [0.2, 0.25) is 11.1 Å². The van der Waals surface area contributed by atoms with Crippen molar-refractivity contribution in [3.05, 3.63) is 47.8 Å². The number of rotatable bonds is 8. The van der Waals surface area contributed by atoms with Crippen molar-refractivity contribution in [3.63, 3.8) is 0 Å². The van der Waals surface area contributed by atoms with Gasteiger partial charge in [-0.05, 0) is 23.6 Å². The Morgan fingerprint density at radius 2 is 2.08 bits per heavy atom. The molecule has 0 radical (unpaired) electrons. The van der Waals surface area contributed by atoms with Crippen molar-refractivity contribution in [3.8, 4) is 16.5 Å². The molecule has 25 heavy (non-hydrogen) atoms. The first-order valence-electron chi connectivity index (χ1n) is 7.56. The lowest BCUT2D eigenvalue weighted by atomic mass is 10.3. The van der Waals surface area contributed by atoms with Gasteiger partial charge in [0.25, 0.3) is 0 Å². The molecule has 0 atom stereocenters. The first-order chi connectivity index (χ1) is 12.2. The molecular weight excluding hydrogens is 358 g/mol. The topological polar surface area (TPSA) is 95.1 Å². The highest BCUT2D eigenvalue weighted by Crippen LogP contribution is 2.24. The third kappa shape index (κ3) is 4.74. The highest BCUT2D eigenvalue weighted by molar-refractivity contribution is 7.99. The maximum absolute atomic E-state index is 11.9. The van der Waals surface area contributed by atoms with Gasteiger partial charge in [-0.25, -0.2) is 4.68 Å². The molecule has 1 aromatic carbocycles. The van der Waals surface area contributed by atoms with Crippen LogP contribution in [0.1, 0.15) is 0 Å². The van der Waals surface area contributed by atoms with E-state index in [2.05, 4.69) is 15.5 Å². The first kappa shape index (κ1) is 17.3. The van der Waals surface area contributed by atoms with Crippen LogP contribution >= 0.6 is 23.1 Å². The fraction of sp³-hybridized carbons (Fsp3) is 0.188. The Hall–Kier alpha value is -2.52. The summed E-state index contributed by atoms with van der Waals surface area (Å²) < 4.78 is 6.92. The summed E-state index contributed by atoms with van der Waals surface area (Å²) in [5.74, 6) is 7.47. The van der Waals surface area contributed by atoms with Crippen LogP contribution in [0, 0.1) is 0 Å². The number of nitrogen functional groups attached to an aromatic ring is 1. The predicted octanol–water partition coefficient (Wildman–Crippen LogP) is 2.01. The van der Waals surface area contributed by atoms with E-state index in [0.29, 0.717) is 24.1 Å². The lowest BCUT2D eigenvalue weighted by Crippen LogP contribution is -2.29. The summed E-state index contributed by atoms with van der Waals surface area (Å²) in [6, 6.07) is 13.3. The Labute approximate surface area is 153 Å². The number of carbonyl (C=O) groups is 1. The number of thioether (sulfide) groups is 1. The second kappa shape index (κ2) is 8.54. The van der Waals surface area contributed by atoms with Crippen LogP contribution in [-0.4, -0.2) is 39.7 Å². The van der Waals surface area contributed by atoms with Gasteiger partial charge in [-0.15, -0.1) is 21.5 Å². The van der Waals surface area contributed by atoms with E-state index >= 15 is 0 Å². The van der Waals surface area contributed by atoms with Crippen molar-refractivity contribution in [2.45, 2.75) is 5.16 Å². The number of benzene rings is 1. The number of nitrogens with zero attached hydrogens (tertiary/aromatic N) is 3. The van der Waals surface area contributed by atoms with Gasteiger partial charge in [-0.1, -0.05) is 36.0 Å². The molecule has 3 aromatic rings. The van der Waals surface area contributed by atoms with Gasteiger partial charge in [-0.2, -0.15) is 0 Å². The van der Waals surface area contributed by atoms with Crippen LogP contribution in [0.5, 0.6) is 5.75 Å². The zero-order chi connectivity index (χ0) is 17.5. The third-order valence-corrected chi connectivity index (χ3v) is 4.98. The van der Waals surface area contributed by atoms with Gasteiger partial charge in [0, 0.05) is 0 Å². The molecule has 0 saturated heterocycles. The Kier molecular flexibility index (Phi) is 5.91. The van der Waals surface area contributed by atoms with E-state index in [4.69, 9.17) is 10.6 Å². The van der Waals surface area contributed by atoms with E-state index in [1.165, 1.54) is 27.8 Å². The zero-order valence-corrected chi connectivity index (χ0v) is 14.9. The molecule has 1 amide bonds. The van der Waals surface area contributed by atoms with Crippen LogP contribution in [0.2, 0.25) is 0 Å². The fourth-order valence-electron chi connectivity index (χ4n) is 2.01. The van der Waals surface area contributed by atoms with E-state index < -0.39 is 0 Å². The third-order valence-electron chi connectivity index (χ3n) is 3.17. The number of hydrogen-bond acceptors (Lipinski definition) is 7. The van der Waals surface area contributed by atoms with E-state index in [0.717, 1.165) is 10.6 Å². The summed E-state index contributed by atoms with van der Waals surface area (Å²) in [4.78, 5) is 12.8. The minimum absolute atomic E-state index is 0.109. The maximum atomic E-state index is 11.9. The molecule has 9 heteroatoms. The van der Waals surface area contributed by atoms with Crippen LogP contribution in [-0.2, 0) is 4.79 Å². The summed E-state index contributed by atoms with van der Waals surface area (Å²) in [7, 11) is 0. The van der Waals surface area contributed by atoms with Crippen LogP contribution in [0.15, 0.2) is 53.0 Å². The summed E-state index contributed by atoms with van der Waals surface area (Å²) in [6.45, 7) is 0.847. The van der Waals surface area contributed by atoms with Gasteiger partial charge >= 0.3 is 0 Å². The molecule has 3 N–H and O–H groups in total. The van der Waals surface area contributed by atoms with E-state index in [1.807, 2.05) is 47.8 Å². The number of amides is 1. The van der Waals surface area contributed by atoms with Gasteiger partial charge in [-0.3, -0.25) is 4.79 Å². The molecule has 0 aliphatic heterocycles.